The Labute approximate surface area is 137 Å². The third-order valence-electron chi connectivity index (χ3n) is 3.01. The molecule has 0 fully saturated rings. The van der Waals surface area contributed by atoms with Crippen LogP contribution >= 0.6 is 0 Å². The molecule has 0 amide bonds. The van der Waals surface area contributed by atoms with Crippen molar-refractivity contribution in [1.29, 1.82) is 0 Å². The Morgan fingerprint density at radius 1 is 1.00 bits per heavy atom. The number of hydrogen-bond donors (Lipinski definition) is 0. The SMILES string of the molecule is COc1ccccc1CN(OC(F)(F)F)S(=O)(=O)c1ccccc1. The molecule has 0 heterocycles. The van der Waals surface area contributed by atoms with Crippen molar-refractivity contribution in [2.75, 3.05) is 7.11 Å². The van der Waals surface area contributed by atoms with Gasteiger partial charge in [-0.2, -0.15) is 4.84 Å². The predicted molar refractivity (Wildman–Crippen MR) is 79.3 cm³/mol. The largest absolute Gasteiger partial charge is 0.540 e. The van der Waals surface area contributed by atoms with Gasteiger partial charge >= 0.3 is 6.36 Å². The molecule has 2 rings (SSSR count). The van der Waals surface area contributed by atoms with E-state index in [1.165, 1.54) is 43.5 Å². The van der Waals surface area contributed by atoms with E-state index in [2.05, 4.69) is 4.84 Å². The highest BCUT2D eigenvalue weighted by Crippen LogP contribution is 2.28. The minimum atomic E-state index is -5.16. The van der Waals surface area contributed by atoms with Crippen molar-refractivity contribution in [3.05, 3.63) is 60.2 Å². The van der Waals surface area contributed by atoms with Crippen LogP contribution in [0.2, 0.25) is 0 Å². The second kappa shape index (κ2) is 7.20. The van der Waals surface area contributed by atoms with Crippen LogP contribution in [0, 0.1) is 0 Å². The molecule has 0 aliphatic heterocycles. The maximum absolute atomic E-state index is 12.7. The summed E-state index contributed by atoms with van der Waals surface area (Å²) in [7, 11) is -3.19. The minimum absolute atomic E-state index is 0.0970. The van der Waals surface area contributed by atoms with Crippen LogP contribution in [0.1, 0.15) is 5.56 Å². The zero-order chi connectivity index (χ0) is 17.8. The molecular formula is C15H14F3NO4S. The monoisotopic (exact) mass is 361 g/mol. The molecule has 0 atom stereocenters. The molecule has 0 aromatic heterocycles. The lowest BCUT2D eigenvalue weighted by Gasteiger charge is -2.23. The number of halogens is 3. The van der Waals surface area contributed by atoms with Gasteiger partial charge in [0.1, 0.15) is 5.75 Å². The highest BCUT2D eigenvalue weighted by atomic mass is 32.2. The van der Waals surface area contributed by atoms with Crippen molar-refractivity contribution in [3.63, 3.8) is 0 Å². The topological polar surface area (TPSA) is 55.8 Å². The average molecular weight is 361 g/mol. The summed E-state index contributed by atoms with van der Waals surface area (Å²) in [6, 6.07) is 12.9. The average Bonchev–Trinajstić information content (AvgIpc) is 2.54. The summed E-state index contributed by atoms with van der Waals surface area (Å²) in [5, 5.41) is 0. The molecule has 2 aromatic carbocycles. The van der Waals surface area contributed by atoms with Crippen LogP contribution in [0.5, 0.6) is 5.75 Å². The lowest BCUT2D eigenvalue weighted by atomic mass is 10.2. The summed E-state index contributed by atoms with van der Waals surface area (Å²) in [5.74, 6) is 0.247. The molecule has 0 aliphatic rings. The van der Waals surface area contributed by atoms with E-state index in [0.717, 1.165) is 0 Å². The smallest absolute Gasteiger partial charge is 0.496 e. The number of hydrogen-bond acceptors (Lipinski definition) is 4. The number of methoxy groups -OCH3 is 1. The number of nitrogens with zero attached hydrogens (tertiary/aromatic N) is 1. The summed E-state index contributed by atoms with van der Waals surface area (Å²) >= 11 is 0. The Balaban J connectivity index is 2.42. The van der Waals surface area contributed by atoms with E-state index in [1.807, 2.05) is 0 Å². The number of rotatable bonds is 6. The first kappa shape index (κ1) is 18.2. The van der Waals surface area contributed by atoms with Crippen LogP contribution in [-0.4, -0.2) is 26.4 Å². The Morgan fingerprint density at radius 3 is 2.17 bits per heavy atom. The standard InChI is InChI=1S/C15H14F3NO4S/c1-22-14-10-6-5-7-12(14)11-19(23-15(16,17)18)24(20,21)13-8-3-2-4-9-13/h2-10H,11H2,1H3. The van der Waals surface area contributed by atoms with E-state index in [9.17, 15) is 21.6 Å². The van der Waals surface area contributed by atoms with Gasteiger partial charge in [0.2, 0.25) is 0 Å². The number of hydroxylamine groups is 1. The van der Waals surface area contributed by atoms with Crippen LogP contribution in [-0.2, 0) is 21.4 Å². The van der Waals surface area contributed by atoms with Gasteiger partial charge in [-0.3, -0.25) is 0 Å². The molecule has 0 radical (unpaired) electrons. The van der Waals surface area contributed by atoms with Crippen molar-refractivity contribution >= 4 is 10.0 Å². The number of sulfonamides is 1. The summed E-state index contributed by atoms with van der Waals surface area (Å²) in [4.78, 5) is 3.43. The molecule has 0 saturated carbocycles. The van der Waals surface area contributed by atoms with Gasteiger partial charge in [-0.15, -0.1) is 13.2 Å². The second-order valence-electron chi connectivity index (χ2n) is 4.63. The van der Waals surface area contributed by atoms with Gasteiger partial charge in [0.25, 0.3) is 10.0 Å². The van der Waals surface area contributed by atoms with E-state index >= 15 is 0 Å². The fourth-order valence-corrected chi connectivity index (χ4v) is 3.19. The Bertz CT molecular complexity index is 779. The van der Waals surface area contributed by atoms with E-state index < -0.39 is 22.9 Å². The summed E-state index contributed by atoms with van der Waals surface area (Å²) in [6.07, 6.45) is -5.16. The molecule has 0 saturated heterocycles. The maximum atomic E-state index is 12.7. The molecule has 9 heteroatoms. The first-order valence-corrected chi connectivity index (χ1v) is 8.13. The van der Waals surface area contributed by atoms with Crippen molar-refractivity contribution in [2.24, 2.45) is 0 Å². The first-order valence-electron chi connectivity index (χ1n) is 6.69. The maximum Gasteiger partial charge on any atom is 0.540 e. The van der Waals surface area contributed by atoms with Crippen LogP contribution in [0.3, 0.4) is 0 Å². The van der Waals surface area contributed by atoms with E-state index in [0.29, 0.717) is 0 Å². The lowest BCUT2D eigenvalue weighted by Crippen LogP contribution is -2.36. The summed E-state index contributed by atoms with van der Waals surface area (Å²) in [6.45, 7) is -0.666. The molecule has 0 spiro atoms. The number of alkyl halides is 3. The fourth-order valence-electron chi connectivity index (χ4n) is 1.96. The molecular weight excluding hydrogens is 347 g/mol. The Kier molecular flexibility index (Phi) is 5.47. The summed E-state index contributed by atoms with van der Waals surface area (Å²) < 4.78 is 67.9. The van der Waals surface area contributed by atoms with Gasteiger partial charge in [-0.25, -0.2) is 8.42 Å². The number of ether oxygens (including phenoxy) is 1. The molecule has 130 valence electrons. The fraction of sp³-hybridized carbons (Fsp3) is 0.200. The highest BCUT2D eigenvalue weighted by molar-refractivity contribution is 7.89. The van der Waals surface area contributed by atoms with Crippen LogP contribution < -0.4 is 4.74 Å². The predicted octanol–water partition coefficient (Wildman–Crippen LogP) is 3.34. The number of para-hydroxylation sites is 1. The minimum Gasteiger partial charge on any atom is -0.496 e. The molecule has 0 bridgehead atoms. The van der Waals surface area contributed by atoms with Crippen molar-refractivity contribution in [3.8, 4) is 5.75 Å². The molecule has 5 nitrogen and oxygen atoms in total. The number of benzene rings is 2. The van der Waals surface area contributed by atoms with Crippen molar-refractivity contribution in [1.82, 2.24) is 4.47 Å². The van der Waals surface area contributed by atoms with Crippen LogP contribution in [0.15, 0.2) is 59.5 Å². The summed E-state index contributed by atoms with van der Waals surface area (Å²) in [5.41, 5.74) is 0.226. The van der Waals surface area contributed by atoms with Crippen molar-refractivity contribution in [2.45, 2.75) is 17.8 Å². The molecule has 24 heavy (non-hydrogen) atoms. The second-order valence-corrected chi connectivity index (χ2v) is 6.46. The normalized spacial score (nSPS) is 12.4. The third-order valence-corrected chi connectivity index (χ3v) is 4.61. The van der Waals surface area contributed by atoms with Crippen LogP contribution in [0.4, 0.5) is 13.2 Å². The van der Waals surface area contributed by atoms with E-state index in [4.69, 9.17) is 4.74 Å². The molecule has 0 aliphatic carbocycles. The highest BCUT2D eigenvalue weighted by Gasteiger charge is 2.39. The Hall–Kier alpha value is -2.10. The first-order chi connectivity index (χ1) is 11.2. The molecule has 2 aromatic rings. The van der Waals surface area contributed by atoms with Crippen molar-refractivity contribution < 1.29 is 31.2 Å². The molecule has 0 unspecified atom stereocenters. The quantitative estimate of drug-likeness (QED) is 0.741. The van der Waals surface area contributed by atoms with Gasteiger partial charge in [0.15, 0.2) is 0 Å². The molecule has 0 N–H and O–H groups in total. The lowest BCUT2D eigenvalue weighted by molar-refractivity contribution is -0.392. The van der Waals surface area contributed by atoms with E-state index in [-0.39, 0.29) is 20.7 Å². The van der Waals surface area contributed by atoms with Gasteiger partial charge in [0.05, 0.1) is 18.6 Å². The van der Waals surface area contributed by atoms with Gasteiger partial charge in [-0.05, 0) is 18.2 Å². The Morgan fingerprint density at radius 2 is 1.58 bits per heavy atom. The van der Waals surface area contributed by atoms with Gasteiger partial charge in [0, 0.05) is 5.56 Å². The third kappa shape index (κ3) is 4.47. The van der Waals surface area contributed by atoms with E-state index in [1.54, 1.807) is 18.2 Å². The zero-order valence-electron chi connectivity index (χ0n) is 12.5. The van der Waals surface area contributed by atoms with Gasteiger partial charge in [-0.1, -0.05) is 40.9 Å². The zero-order valence-corrected chi connectivity index (χ0v) is 13.3. The van der Waals surface area contributed by atoms with Crippen LogP contribution in [0.25, 0.3) is 0 Å². The van der Waals surface area contributed by atoms with Gasteiger partial charge < -0.3 is 4.74 Å².